The van der Waals surface area contributed by atoms with E-state index in [0.717, 1.165) is 22.6 Å². The molecule has 1 saturated heterocycles. The lowest BCUT2D eigenvalue weighted by Crippen LogP contribution is -2.51. The highest BCUT2D eigenvalue weighted by atomic mass is 16.2. The molecular formula is C23H25N7O2. The number of aromatic nitrogens is 5. The van der Waals surface area contributed by atoms with Gasteiger partial charge in [-0.15, -0.1) is 5.10 Å². The van der Waals surface area contributed by atoms with Crippen molar-refractivity contribution in [2.24, 2.45) is 0 Å². The second-order valence-electron chi connectivity index (χ2n) is 8.00. The standard InChI is InChI=1S/C23H25N7O2/c1-16-20(17(2)30(25-16)18-8-4-3-5-9-18)21-22(31)24-11-13-27(21)14-15-29-23(32)28-12-7-6-10-19(28)26-29/h3-10,12,21H,11,13-15H2,1-2H3,(H,24,31). The summed E-state index contributed by atoms with van der Waals surface area (Å²) in [7, 11) is 0. The second-order valence-corrected chi connectivity index (χ2v) is 8.00. The molecule has 4 heterocycles. The smallest absolute Gasteiger partial charge is 0.350 e. The molecule has 1 fully saturated rings. The number of piperazine rings is 1. The highest BCUT2D eigenvalue weighted by Crippen LogP contribution is 2.30. The minimum atomic E-state index is -0.464. The third-order valence-electron chi connectivity index (χ3n) is 6.02. The maximum Gasteiger partial charge on any atom is 0.350 e. The van der Waals surface area contributed by atoms with E-state index < -0.39 is 6.04 Å². The quantitative estimate of drug-likeness (QED) is 0.517. The van der Waals surface area contributed by atoms with Gasteiger partial charge >= 0.3 is 5.69 Å². The van der Waals surface area contributed by atoms with Crippen molar-refractivity contribution < 1.29 is 4.79 Å². The third-order valence-corrected chi connectivity index (χ3v) is 6.02. The van der Waals surface area contributed by atoms with Crippen LogP contribution in [0.1, 0.15) is 23.0 Å². The number of rotatable bonds is 5. The fraction of sp³-hybridized carbons (Fsp3) is 0.304. The van der Waals surface area contributed by atoms with Crippen molar-refractivity contribution in [1.82, 2.24) is 34.2 Å². The number of carbonyl (C=O) groups excluding carboxylic acids is 1. The molecular weight excluding hydrogens is 406 g/mol. The summed E-state index contributed by atoms with van der Waals surface area (Å²) in [5.41, 5.74) is 4.06. The van der Waals surface area contributed by atoms with Crippen molar-refractivity contribution in [3.63, 3.8) is 0 Å². The minimum absolute atomic E-state index is 0.0441. The van der Waals surface area contributed by atoms with Gasteiger partial charge in [-0.2, -0.15) is 5.10 Å². The van der Waals surface area contributed by atoms with Gasteiger partial charge in [-0.25, -0.2) is 14.2 Å². The lowest BCUT2D eigenvalue weighted by molar-refractivity contribution is -0.129. The number of nitrogens with one attached hydrogen (secondary N) is 1. The van der Waals surface area contributed by atoms with Crippen LogP contribution >= 0.6 is 0 Å². The van der Waals surface area contributed by atoms with Crippen LogP contribution in [0.15, 0.2) is 59.5 Å². The van der Waals surface area contributed by atoms with E-state index in [9.17, 15) is 9.59 Å². The molecule has 9 nitrogen and oxygen atoms in total. The first-order chi connectivity index (χ1) is 15.5. The Hall–Kier alpha value is -3.72. The van der Waals surface area contributed by atoms with Crippen LogP contribution in [0, 0.1) is 13.8 Å². The molecule has 1 atom stereocenters. The summed E-state index contributed by atoms with van der Waals surface area (Å²) in [5.74, 6) is -0.0441. The number of hydrogen-bond donors (Lipinski definition) is 1. The Morgan fingerprint density at radius 3 is 2.56 bits per heavy atom. The van der Waals surface area contributed by atoms with E-state index in [1.807, 2.05) is 54.9 Å². The summed E-state index contributed by atoms with van der Waals surface area (Å²) < 4.78 is 4.88. The Balaban J connectivity index is 1.46. The van der Waals surface area contributed by atoms with Crippen LogP contribution in [0.2, 0.25) is 0 Å². The number of nitrogens with zero attached hydrogens (tertiary/aromatic N) is 6. The molecule has 9 heteroatoms. The molecule has 0 saturated carbocycles. The number of fused-ring (bicyclic) bond motifs is 1. The van der Waals surface area contributed by atoms with Crippen LogP contribution in [0.4, 0.5) is 0 Å². The van der Waals surface area contributed by atoms with E-state index in [4.69, 9.17) is 5.10 Å². The van der Waals surface area contributed by atoms with Gasteiger partial charge in [0, 0.05) is 37.1 Å². The van der Waals surface area contributed by atoms with Gasteiger partial charge < -0.3 is 5.32 Å². The largest absolute Gasteiger partial charge is 0.353 e. The number of amides is 1. The predicted octanol–water partition coefficient (Wildman–Crippen LogP) is 1.47. The lowest BCUT2D eigenvalue weighted by atomic mass is 10.00. The topological polar surface area (TPSA) is 89.5 Å². The summed E-state index contributed by atoms with van der Waals surface area (Å²) in [6, 6.07) is 14.9. The highest BCUT2D eigenvalue weighted by molar-refractivity contribution is 5.84. The molecule has 5 rings (SSSR count). The first kappa shape index (κ1) is 20.2. The summed E-state index contributed by atoms with van der Waals surface area (Å²) >= 11 is 0. The second kappa shape index (κ2) is 8.08. The van der Waals surface area contributed by atoms with Crippen molar-refractivity contribution in [2.45, 2.75) is 26.4 Å². The van der Waals surface area contributed by atoms with E-state index in [1.165, 1.54) is 9.08 Å². The van der Waals surface area contributed by atoms with Crippen LogP contribution in [-0.4, -0.2) is 54.4 Å². The molecule has 1 N–H and O–H groups in total. The number of carbonyl (C=O) groups is 1. The molecule has 0 spiro atoms. The zero-order valence-electron chi connectivity index (χ0n) is 18.1. The Labute approximate surface area is 184 Å². The van der Waals surface area contributed by atoms with Gasteiger partial charge in [0.1, 0.15) is 6.04 Å². The fourth-order valence-corrected chi connectivity index (χ4v) is 4.48. The van der Waals surface area contributed by atoms with Crippen molar-refractivity contribution in [2.75, 3.05) is 19.6 Å². The minimum Gasteiger partial charge on any atom is -0.353 e. The zero-order valence-corrected chi connectivity index (χ0v) is 18.1. The molecule has 3 aromatic heterocycles. The molecule has 32 heavy (non-hydrogen) atoms. The molecule has 1 aromatic carbocycles. The van der Waals surface area contributed by atoms with Crippen LogP contribution in [0.3, 0.4) is 0 Å². The molecule has 1 aliphatic rings. The Kier molecular flexibility index (Phi) is 5.10. The van der Waals surface area contributed by atoms with Gasteiger partial charge in [0.25, 0.3) is 0 Å². The highest BCUT2D eigenvalue weighted by Gasteiger charge is 2.35. The van der Waals surface area contributed by atoms with Crippen LogP contribution in [-0.2, 0) is 11.3 Å². The molecule has 164 valence electrons. The van der Waals surface area contributed by atoms with Gasteiger partial charge in [-0.05, 0) is 38.1 Å². The number of hydrogen-bond acceptors (Lipinski definition) is 5. The molecule has 1 amide bonds. The molecule has 0 radical (unpaired) electrons. The average Bonchev–Trinajstić information content (AvgIpc) is 3.29. The van der Waals surface area contributed by atoms with E-state index in [0.29, 0.717) is 31.8 Å². The summed E-state index contributed by atoms with van der Waals surface area (Å²) in [5, 5.41) is 12.1. The number of para-hydroxylation sites is 1. The van der Waals surface area contributed by atoms with E-state index in [1.54, 1.807) is 18.3 Å². The summed E-state index contributed by atoms with van der Waals surface area (Å²) in [6.45, 7) is 6.12. The van der Waals surface area contributed by atoms with Crippen molar-refractivity contribution in [3.8, 4) is 5.69 Å². The molecule has 0 aliphatic carbocycles. The summed E-state index contributed by atoms with van der Waals surface area (Å²) in [4.78, 5) is 27.7. The summed E-state index contributed by atoms with van der Waals surface area (Å²) in [6.07, 6.45) is 1.71. The lowest BCUT2D eigenvalue weighted by Gasteiger charge is -2.35. The molecule has 4 aromatic rings. The first-order valence-corrected chi connectivity index (χ1v) is 10.7. The van der Waals surface area contributed by atoms with Gasteiger partial charge in [0.2, 0.25) is 5.91 Å². The first-order valence-electron chi connectivity index (χ1n) is 10.7. The van der Waals surface area contributed by atoms with Crippen molar-refractivity contribution in [1.29, 1.82) is 0 Å². The van der Waals surface area contributed by atoms with Gasteiger partial charge in [0.05, 0.1) is 17.9 Å². The van der Waals surface area contributed by atoms with E-state index in [2.05, 4.69) is 15.3 Å². The third kappa shape index (κ3) is 3.40. The van der Waals surface area contributed by atoms with Gasteiger partial charge in [-0.3, -0.25) is 14.1 Å². The van der Waals surface area contributed by atoms with Crippen molar-refractivity contribution >= 4 is 11.6 Å². The maximum absolute atomic E-state index is 13.0. The van der Waals surface area contributed by atoms with Crippen LogP contribution in [0.5, 0.6) is 0 Å². The van der Waals surface area contributed by atoms with Crippen molar-refractivity contribution in [3.05, 3.63) is 82.2 Å². The molecule has 1 unspecified atom stereocenters. The molecule has 0 bridgehead atoms. The number of pyridine rings is 1. The monoisotopic (exact) mass is 431 g/mol. The van der Waals surface area contributed by atoms with Gasteiger partial charge in [-0.1, -0.05) is 24.3 Å². The average molecular weight is 432 g/mol. The van der Waals surface area contributed by atoms with E-state index >= 15 is 0 Å². The normalized spacial score (nSPS) is 17.1. The Morgan fingerprint density at radius 1 is 1.00 bits per heavy atom. The maximum atomic E-state index is 13.0. The number of benzene rings is 1. The Bertz CT molecular complexity index is 1340. The van der Waals surface area contributed by atoms with Crippen LogP contribution in [0.25, 0.3) is 11.3 Å². The SMILES string of the molecule is Cc1nn(-c2ccccc2)c(C)c1C1C(=O)NCCN1CCn1nc2ccccn2c1=O. The number of aryl methyl sites for hydroxylation is 1. The van der Waals surface area contributed by atoms with E-state index in [-0.39, 0.29) is 11.6 Å². The molecule has 1 aliphatic heterocycles. The Morgan fingerprint density at radius 2 is 1.78 bits per heavy atom. The van der Waals surface area contributed by atoms with Crippen LogP contribution < -0.4 is 11.0 Å². The van der Waals surface area contributed by atoms with Gasteiger partial charge in [0.15, 0.2) is 5.65 Å². The predicted molar refractivity (Wildman–Crippen MR) is 120 cm³/mol. The zero-order chi connectivity index (χ0) is 22.2. The fourth-order valence-electron chi connectivity index (χ4n) is 4.48.